The minimum Gasteiger partial charge on any atom is -0.375 e. The molecule has 7 heteroatoms. The average molecular weight is 368 g/mol. The van der Waals surface area contributed by atoms with Gasteiger partial charge in [-0.1, -0.05) is 24.3 Å². The van der Waals surface area contributed by atoms with Gasteiger partial charge in [0.15, 0.2) is 0 Å². The minimum absolute atomic E-state index is 0.0172. The van der Waals surface area contributed by atoms with Crippen LogP contribution in [0, 0.1) is 6.92 Å². The normalized spacial score (nSPS) is 10.4. The molecule has 0 heterocycles. The van der Waals surface area contributed by atoms with E-state index in [-0.39, 0.29) is 24.4 Å². The minimum atomic E-state index is -0.563. The van der Waals surface area contributed by atoms with E-state index in [1.165, 1.54) is 0 Å². The fourth-order valence-electron chi connectivity index (χ4n) is 2.64. The van der Waals surface area contributed by atoms with Gasteiger partial charge in [-0.2, -0.15) is 0 Å². The lowest BCUT2D eigenvalue weighted by Gasteiger charge is -2.14. The molecule has 27 heavy (non-hydrogen) atoms. The predicted octanol–water partition coefficient (Wildman–Crippen LogP) is 2.28. The summed E-state index contributed by atoms with van der Waals surface area (Å²) in [5.41, 5.74) is 7.78. The molecule has 7 nitrogen and oxygen atoms in total. The van der Waals surface area contributed by atoms with Crippen molar-refractivity contribution >= 4 is 29.1 Å². The summed E-state index contributed by atoms with van der Waals surface area (Å²) in [7, 11) is 0. The van der Waals surface area contributed by atoms with Gasteiger partial charge in [-0.3, -0.25) is 14.4 Å². The highest BCUT2D eigenvalue weighted by Crippen LogP contribution is 2.19. The van der Waals surface area contributed by atoms with E-state index in [4.69, 9.17) is 5.73 Å². The predicted molar refractivity (Wildman–Crippen MR) is 106 cm³/mol. The second-order valence-electron chi connectivity index (χ2n) is 6.44. The molecular weight excluding hydrogens is 344 g/mol. The van der Waals surface area contributed by atoms with Gasteiger partial charge in [0.1, 0.15) is 0 Å². The number of benzene rings is 2. The van der Waals surface area contributed by atoms with Crippen LogP contribution in [0.2, 0.25) is 0 Å². The zero-order valence-corrected chi connectivity index (χ0v) is 15.6. The van der Waals surface area contributed by atoms with E-state index in [0.717, 1.165) is 5.56 Å². The zero-order chi connectivity index (χ0) is 20.0. The quantitative estimate of drug-likeness (QED) is 0.600. The zero-order valence-electron chi connectivity index (χ0n) is 15.6. The molecule has 2 rings (SSSR count). The molecular formula is C20H24N4O3. The molecule has 2 aromatic carbocycles. The SMILES string of the molecule is Cc1cccc(NCC(=O)Nc2ccccc2C(=O)NC(C)C)c1C(N)=O. The largest absolute Gasteiger partial charge is 0.375 e. The molecule has 142 valence electrons. The Morgan fingerprint density at radius 2 is 1.67 bits per heavy atom. The second kappa shape index (κ2) is 8.84. The highest BCUT2D eigenvalue weighted by atomic mass is 16.2. The van der Waals surface area contributed by atoms with Gasteiger partial charge in [0.25, 0.3) is 11.8 Å². The summed E-state index contributed by atoms with van der Waals surface area (Å²) in [6.45, 7) is 5.42. The molecule has 0 fully saturated rings. The molecule has 0 bridgehead atoms. The highest BCUT2D eigenvalue weighted by Gasteiger charge is 2.15. The van der Waals surface area contributed by atoms with Crippen molar-refractivity contribution in [1.29, 1.82) is 0 Å². The van der Waals surface area contributed by atoms with Crippen molar-refractivity contribution < 1.29 is 14.4 Å². The first kappa shape index (κ1) is 20.0. The Morgan fingerprint density at radius 3 is 2.33 bits per heavy atom. The number of para-hydroxylation sites is 1. The lowest BCUT2D eigenvalue weighted by molar-refractivity contribution is -0.114. The number of nitrogens with two attached hydrogens (primary N) is 1. The van der Waals surface area contributed by atoms with Gasteiger partial charge in [-0.25, -0.2) is 0 Å². The van der Waals surface area contributed by atoms with Crippen molar-refractivity contribution in [3.05, 3.63) is 59.2 Å². The Hall–Kier alpha value is -3.35. The van der Waals surface area contributed by atoms with Gasteiger partial charge in [0, 0.05) is 11.7 Å². The van der Waals surface area contributed by atoms with Crippen LogP contribution in [0.4, 0.5) is 11.4 Å². The van der Waals surface area contributed by atoms with Crippen LogP contribution >= 0.6 is 0 Å². The molecule has 0 radical (unpaired) electrons. The number of anilines is 2. The number of carbonyl (C=O) groups excluding carboxylic acids is 3. The number of amides is 3. The Bertz CT molecular complexity index is 862. The Morgan fingerprint density at radius 1 is 1.00 bits per heavy atom. The molecule has 3 amide bonds. The highest BCUT2D eigenvalue weighted by molar-refractivity contribution is 6.05. The molecule has 0 aliphatic rings. The molecule has 0 aliphatic heterocycles. The fraction of sp³-hybridized carbons (Fsp3) is 0.250. The summed E-state index contributed by atoms with van der Waals surface area (Å²) < 4.78 is 0. The van der Waals surface area contributed by atoms with Crippen molar-refractivity contribution in [3.8, 4) is 0 Å². The van der Waals surface area contributed by atoms with Crippen molar-refractivity contribution in [2.75, 3.05) is 17.2 Å². The van der Waals surface area contributed by atoms with E-state index in [9.17, 15) is 14.4 Å². The standard InChI is InChI=1S/C20H24N4O3/c1-12(2)23-20(27)14-8-4-5-9-15(14)24-17(25)11-22-16-10-6-7-13(3)18(16)19(21)26/h4-10,12,22H,11H2,1-3H3,(H2,21,26)(H,23,27)(H,24,25). The molecule has 5 N–H and O–H groups in total. The van der Waals surface area contributed by atoms with E-state index in [1.54, 1.807) is 49.4 Å². The lowest BCUT2D eigenvalue weighted by Crippen LogP contribution is -2.31. The van der Waals surface area contributed by atoms with E-state index >= 15 is 0 Å². The van der Waals surface area contributed by atoms with Gasteiger partial charge in [0.05, 0.1) is 23.4 Å². The summed E-state index contributed by atoms with van der Waals surface area (Å²) in [5, 5.41) is 8.44. The summed E-state index contributed by atoms with van der Waals surface area (Å²) in [5.74, 6) is -1.17. The van der Waals surface area contributed by atoms with Gasteiger partial charge < -0.3 is 21.7 Å². The lowest BCUT2D eigenvalue weighted by atomic mass is 10.1. The van der Waals surface area contributed by atoms with E-state index in [0.29, 0.717) is 22.5 Å². The maximum Gasteiger partial charge on any atom is 0.253 e. The van der Waals surface area contributed by atoms with Crippen LogP contribution in [-0.4, -0.2) is 30.3 Å². The number of aryl methyl sites for hydroxylation is 1. The smallest absolute Gasteiger partial charge is 0.253 e. The number of carbonyl (C=O) groups is 3. The van der Waals surface area contributed by atoms with Gasteiger partial charge in [-0.05, 0) is 44.5 Å². The fourth-order valence-corrected chi connectivity index (χ4v) is 2.64. The summed E-state index contributed by atoms with van der Waals surface area (Å²) in [6.07, 6.45) is 0. The van der Waals surface area contributed by atoms with E-state index < -0.39 is 5.91 Å². The maximum absolute atomic E-state index is 12.3. The summed E-state index contributed by atoms with van der Waals surface area (Å²) >= 11 is 0. The number of primary amides is 1. The molecule has 0 saturated carbocycles. The molecule has 0 saturated heterocycles. The molecule has 0 atom stereocenters. The third kappa shape index (κ3) is 5.31. The number of nitrogens with one attached hydrogen (secondary N) is 3. The first-order chi connectivity index (χ1) is 12.8. The van der Waals surface area contributed by atoms with Crippen molar-refractivity contribution in [1.82, 2.24) is 5.32 Å². The van der Waals surface area contributed by atoms with E-state index in [1.807, 2.05) is 13.8 Å². The van der Waals surface area contributed by atoms with Crippen molar-refractivity contribution in [2.24, 2.45) is 5.73 Å². The number of hydrogen-bond donors (Lipinski definition) is 4. The van der Waals surface area contributed by atoms with Crippen molar-refractivity contribution in [3.63, 3.8) is 0 Å². The second-order valence-corrected chi connectivity index (χ2v) is 6.44. The third-order valence-electron chi connectivity index (χ3n) is 3.82. The Kier molecular flexibility index (Phi) is 6.54. The van der Waals surface area contributed by atoms with Crippen molar-refractivity contribution in [2.45, 2.75) is 26.8 Å². The first-order valence-corrected chi connectivity index (χ1v) is 8.62. The van der Waals surface area contributed by atoms with Crippen LogP contribution in [-0.2, 0) is 4.79 Å². The summed E-state index contributed by atoms with van der Waals surface area (Å²) in [6, 6.07) is 12.0. The number of rotatable bonds is 7. The number of hydrogen-bond acceptors (Lipinski definition) is 4. The first-order valence-electron chi connectivity index (χ1n) is 8.62. The van der Waals surface area contributed by atoms with Crippen LogP contribution in [0.5, 0.6) is 0 Å². The molecule has 2 aromatic rings. The maximum atomic E-state index is 12.3. The third-order valence-corrected chi connectivity index (χ3v) is 3.82. The van der Waals surface area contributed by atoms with Crippen LogP contribution in [0.3, 0.4) is 0 Å². The Balaban J connectivity index is 2.09. The van der Waals surface area contributed by atoms with Crippen LogP contribution in [0.25, 0.3) is 0 Å². The van der Waals surface area contributed by atoms with Crippen LogP contribution in [0.1, 0.15) is 40.1 Å². The van der Waals surface area contributed by atoms with E-state index in [2.05, 4.69) is 16.0 Å². The molecule has 0 aromatic heterocycles. The molecule has 0 spiro atoms. The van der Waals surface area contributed by atoms with Crippen LogP contribution in [0.15, 0.2) is 42.5 Å². The van der Waals surface area contributed by atoms with Gasteiger partial charge in [0.2, 0.25) is 5.91 Å². The Labute approximate surface area is 158 Å². The topological polar surface area (TPSA) is 113 Å². The molecule has 0 aliphatic carbocycles. The van der Waals surface area contributed by atoms with Gasteiger partial charge >= 0.3 is 0 Å². The average Bonchev–Trinajstić information content (AvgIpc) is 2.59. The molecule has 0 unspecified atom stereocenters. The van der Waals surface area contributed by atoms with Gasteiger partial charge in [-0.15, -0.1) is 0 Å². The summed E-state index contributed by atoms with van der Waals surface area (Å²) in [4.78, 5) is 36.2. The monoisotopic (exact) mass is 368 g/mol. The van der Waals surface area contributed by atoms with Crippen LogP contribution < -0.4 is 21.7 Å².